The van der Waals surface area contributed by atoms with E-state index in [9.17, 15) is 4.79 Å². The molecule has 3 aromatic rings. The van der Waals surface area contributed by atoms with Crippen LogP contribution in [0.3, 0.4) is 0 Å². The normalized spacial score (nSPS) is 14.6. The number of nitrogens with zero attached hydrogens (tertiary/aromatic N) is 4. The summed E-state index contributed by atoms with van der Waals surface area (Å²) in [4.78, 5) is 27.3. The highest BCUT2D eigenvalue weighted by Gasteiger charge is 2.27. The number of piperidine rings is 1. The molecule has 1 aliphatic heterocycles. The van der Waals surface area contributed by atoms with Gasteiger partial charge in [-0.1, -0.05) is 31.5 Å². The lowest BCUT2D eigenvalue weighted by Crippen LogP contribution is -2.46. The highest BCUT2D eigenvalue weighted by atomic mass is 35.5. The summed E-state index contributed by atoms with van der Waals surface area (Å²) in [7, 11) is 0. The van der Waals surface area contributed by atoms with E-state index in [1.807, 2.05) is 41.3 Å². The Hall–Kier alpha value is -2.50. The molecule has 3 heterocycles. The molecule has 6 heteroatoms. The molecule has 0 bridgehead atoms. The molecule has 0 radical (unpaired) electrons. The van der Waals surface area contributed by atoms with Gasteiger partial charge in [0.25, 0.3) is 5.91 Å². The highest BCUT2D eigenvalue weighted by Crippen LogP contribution is 2.27. The van der Waals surface area contributed by atoms with E-state index in [-0.39, 0.29) is 18.3 Å². The molecule has 0 N–H and O–H groups in total. The maximum absolute atomic E-state index is 13.6. The first-order valence-corrected chi connectivity index (χ1v) is 11.0. The van der Waals surface area contributed by atoms with Crippen LogP contribution in [0, 0.1) is 6.92 Å². The molecule has 1 saturated heterocycles. The van der Waals surface area contributed by atoms with Crippen LogP contribution in [-0.4, -0.2) is 57.9 Å². The topological polar surface area (TPSA) is 49.3 Å². The van der Waals surface area contributed by atoms with Crippen molar-refractivity contribution in [3.05, 3.63) is 59.8 Å². The number of hydrogen-bond donors (Lipinski definition) is 0. The predicted molar refractivity (Wildman–Crippen MR) is 129 cm³/mol. The van der Waals surface area contributed by atoms with Crippen LogP contribution < -0.4 is 0 Å². The van der Waals surface area contributed by atoms with Gasteiger partial charge < -0.3 is 9.80 Å². The average molecular weight is 439 g/mol. The van der Waals surface area contributed by atoms with Gasteiger partial charge in [-0.3, -0.25) is 9.78 Å². The standard InChI is InChI=1S/C25H30N4O.ClH/c1-4-28(5-2)19-11-14-29(15-12-19)25(30)21-17-24(23-8-6-7-13-26-23)27-22-10-9-18(3)16-20(21)22;/h6-10,13,16-17,19H,4-5,11-12,14-15H2,1-3H3;1H. The van der Waals surface area contributed by atoms with E-state index in [1.165, 1.54) is 0 Å². The van der Waals surface area contributed by atoms with E-state index in [4.69, 9.17) is 4.98 Å². The van der Waals surface area contributed by atoms with Crippen molar-refractivity contribution in [2.45, 2.75) is 39.7 Å². The second-order valence-electron chi connectivity index (χ2n) is 8.04. The Balaban J connectivity index is 0.00000272. The number of aromatic nitrogens is 2. The molecule has 1 fully saturated rings. The first-order valence-electron chi connectivity index (χ1n) is 11.0. The predicted octanol–water partition coefficient (Wildman–Crippen LogP) is 4.97. The fourth-order valence-electron chi connectivity index (χ4n) is 4.51. The lowest BCUT2D eigenvalue weighted by atomic mass is 9.99. The van der Waals surface area contributed by atoms with Gasteiger partial charge in [-0.25, -0.2) is 4.98 Å². The molecule has 1 amide bonds. The van der Waals surface area contributed by atoms with Crippen LogP contribution in [0.2, 0.25) is 0 Å². The first kappa shape index (κ1) is 23.2. The quantitative estimate of drug-likeness (QED) is 0.564. The van der Waals surface area contributed by atoms with Crippen LogP contribution >= 0.6 is 12.4 Å². The number of halogens is 1. The van der Waals surface area contributed by atoms with Crippen molar-refractivity contribution in [1.82, 2.24) is 19.8 Å². The molecule has 0 unspecified atom stereocenters. The lowest BCUT2D eigenvalue weighted by molar-refractivity contribution is 0.0633. The molecule has 31 heavy (non-hydrogen) atoms. The maximum Gasteiger partial charge on any atom is 0.254 e. The van der Waals surface area contributed by atoms with Crippen LogP contribution in [-0.2, 0) is 0 Å². The van der Waals surface area contributed by atoms with Gasteiger partial charge in [0.05, 0.1) is 22.5 Å². The van der Waals surface area contributed by atoms with E-state index < -0.39 is 0 Å². The van der Waals surface area contributed by atoms with E-state index >= 15 is 0 Å². The minimum Gasteiger partial charge on any atom is -0.339 e. The smallest absolute Gasteiger partial charge is 0.254 e. The van der Waals surface area contributed by atoms with Crippen molar-refractivity contribution < 1.29 is 4.79 Å². The molecule has 1 aliphatic rings. The number of fused-ring (bicyclic) bond motifs is 1. The molecule has 4 rings (SSSR count). The Morgan fingerprint density at radius 1 is 1.06 bits per heavy atom. The molecule has 0 spiro atoms. The van der Waals surface area contributed by atoms with Gasteiger partial charge in [0, 0.05) is 30.7 Å². The zero-order valence-electron chi connectivity index (χ0n) is 18.5. The molecule has 2 aromatic heterocycles. The molecule has 0 saturated carbocycles. The van der Waals surface area contributed by atoms with Crippen LogP contribution in [0.5, 0.6) is 0 Å². The van der Waals surface area contributed by atoms with Crippen molar-refractivity contribution in [2.75, 3.05) is 26.2 Å². The Labute approximate surface area is 190 Å². The Morgan fingerprint density at radius 3 is 2.45 bits per heavy atom. The number of carbonyl (C=O) groups is 1. The molecule has 5 nitrogen and oxygen atoms in total. The number of carbonyl (C=O) groups excluding carboxylic acids is 1. The zero-order valence-corrected chi connectivity index (χ0v) is 19.4. The van der Waals surface area contributed by atoms with E-state index in [0.717, 1.165) is 72.4 Å². The minimum atomic E-state index is 0. The number of hydrogen-bond acceptors (Lipinski definition) is 4. The fourth-order valence-corrected chi connectivity index (χ4v) is 4.51. The van der Waals surface area contributed by atoms with E-state index in [0.29, 0.717) is 6.04 Å². The van der Waals surface area contributed by atoms with Gasteiger partial charge >= 0.3 is 0 Å². The Kier molecular flexibility index (Phi) is 7.63. The molecular formula is C25H31ClN4O. The van der Waals surface area contributed by atoms with Gasteiger partial charge in [-0.15, -0.1) is 12.4 Å². The molecule has 0 aliphatic carbocycles. The molecule has 0 atom stereocenters. The van der Waals surface area contributed by atoms with Gasteiger partial charge in [0.15, 0.2) is 0 Å². The second-order valence-corrected chi connectivity index (χ2v) is 8.04. The highest BCUT2D eigenvalue weighted by molar-refractivity contribution is 6.07. The Morgan fingerprint density at radius 2 is 1.81 bits per heavy atom. The van der Waals surface area contributed by atoms with Gasteiger partial charge in [0.2, 0.25) is 0 Å². The third kappa shape index (κ3) is 4.89. The summed E-state index contributed by atoms with van der Waals surface area (Å²) < 4.78 is 0. The second kappa shape index (κ2) is 10.2. The summed E-state index contributed by atoms with van der Waals surface area (Å²) in [5.74, 6) is 0.100. The monoisotopic (exact) mass is 438 g/mol. The zero-order chi connectivity index (χ0) is 21.1. The van der Waals surface area contributed by atoms with E-state index in [1.54, 1.807) is 6.20 Å². The fraction of sp³-hybridized carbons (Fsp3) is 0.400. The number of benzene rings is 1. The summed E-state index contributed by atoms with van der Waals surface area (Å²) in [5, 5.41) is 0.922. The number of pyridine rings is 2. The summed E-state index contributed by atoms with van der Waals surface area (Å²) in [6.07, 6.45) is 3.82. The van der Waals surface area contributed by atoms with Crippen LogP contribution in [0.15, 0.2) is 48.7 Å². The van der Waals surface area contributed by atoms with Gasteiger partial charge in [-0.05, 0) is 63.2 Å². The van der Waals surface area contributed by atoms with E-state index in [2.05, 4.69) is 36.7 Å². The van der Waals surface area contributed by atoms with Crippen molar-refractivity contribution >= 4 is 29.2 Å². The summed E-state index contributed by atoms with van der Waals surface area (Å²) in [5.41, 5.74) is 4.22. The average Bonchev–Trinajstić information content (AvgIpc) is 2.80. The molecule has 164 valence electrons. The minimum absolute atomic E-state index is 0. The SMILES string of the molecule is CCN(CC)C1CCN(C(=O)c2cc(-c3ccccn3)nc3ccc(C)cc23)CC1.Cl. The number of aryl methyl sites for hydroxylation is 1. The summed E-state index contributed by atoms with van der Waals surface area (Å²) >= 11 is 0. The first-order chi connectivity index (χ1) is 14.6. The van der Waals surface area contributed by atoms with Crippen molar-refractivity contribution in [1.29, 1.82) is 0 Å². The largest absolute Gasteiger partial charge is 0.339 e. The van der Waals surface area contributed by atoms with Crippen LogP contribution in [0.4, 0.5) is 0 Å². The van der Waals surface area contributed by atoms with Crippen molar-refractivity contribution in [3.8, 4) is 11.4 Å². The number of amides is 1. The number of likely N-dealkylation sites (tertiary alicyclic amines) is 1. The van der Waals surface area contributed by atoms with Crippen LogP contribution in [0.25, 0.3) is 22.3 Å². The van der Waals surface area contributed by atoms with Gasteiger partial charge in [0.1, 0.15) is 0 Å². The Bertz CT molecular complexity index is 1030. The number of rotatable bonds is 5. The molecular weight excluding hydrogens is 408 g/mol. The summed E-state index contributed by atoms with van der Waals surface area (Å²) in [6, 6.07) is 14.4. The molecule has 1 aromatic carbocycles. The third-order valence-corrected chi connectivity index (χ3v) is 6.20. The maximum atomic E-state index is 13.6. The summed E-state index contributed by atoms with van der Waals surface area (Å²) in [6.45, 7) is 10.2. The van der Waals surface area contributed by atoms with Crippen molar-refractivity contribution in [2.24, 2.45) is 0 Å². The van der Waals surface area contributed by atoms with Crippen LogP contribution in [0.1, 0.15) is 42.6 Å². The van der Waals surface area contributed by atoms with Crippen molar-refractivity contribution in [3.63, 3.8) is 0 Å². The third-order valence-electron chi connectivity index (χ3n) is 6.20. The van der Waals surface area contributed by atoms with Gasteiger partial charge in [-0.2, -0.15) is 0 Å². The lowest BCUT2D eigenvalue weighted by Gasteiger charge is -2.37.